The van der Waals surface area contributed by atoms with E-state index in [4.69, 9.17) is 0 Å². The summed E-state index contributed by atoms with van der Waals surface area (Å²) in [4.78, 5) is 6.88. The fraction of sp³-hybridized carbons (Fsp3) is 0.706. The summed E-state index contributed by atoms with van der Waals surface area (Å²) in [6, 6.07) is 2.24. The van der Waals surface area contributed by atoms with Crippen molar-refractivity contribution in [3.05, 3.63) is 18.5 Å². The Kier molecular flexibility index (Phi) is 5.27. The van der Waals surface area contributed by atoms with Crippen molar-refractivity contribution in [3.63, 3.8) is 0 Å². The van der Waals surface area contributed by atoms with E-state index in [9.17, 15) is 0 Å². The third kappa shape index (κ3) is 3.44. The SMILES string of the molecule is CCCNc1cncc(N2CCC(CC)(CC)CC2)c1. The lowest BCUT2D eigenvalue weighted by atomic mass is 9.74. The van der Waals surface area contributed by atoms with Crippen LogP contribution in [0.5, 0.6) is 0 Å². The van der Waals surface area contributed by atoms with Crippen molar-refractivity contribution in [1.29, 1.82) is 0 Å². The first-order chi connectivity index (χ1) is 9.73. The predicted octanol–water partition coefficient (Wildman–Crippen LogP) is 4.31. The third-order valence-electron chi connectivity index (χ3n) is 4.99. The minimum absolute atomic E-state index is 0.585. The highest BCUT2D eigenvalue weighted by molar-refractivity contribution is 5.55. The smallest absolute Gasteiger partial charge is 0.0573 e. The minimum Gasteiger partial charge on any atom is -0.384 e. The molecule has 1 N–H and O–H groups in total. The maximum atomic E-state index is 4.39. The molecule has 3 heteroatoms. The molecule has 0 radical (unpaired) electrons. The molecule has 0 aliphatic carbocycles. The van der Waals surface area contributed by atoms with Crippen LogP contribution < -0.4 is 10.2 Å². The third-order valence-corrected chi connectivity index (χ3v) is 4.99. The first-order valence-corrected chi connectivity index (χ1v) is 8.17. The van der Waals surface area contributed by atoms with Crippen molar-refractivity contribution in [2.45, 2.75) is 52.9 Å². The number of piperidine rings is 1. The van der Waals surface area contributed by atoms with Crippen LogP contribution in [0.4, 0.5) is 11.4 Å². The lowest BCUT2D eigenvalue weighted by molar-refractivity contribution is 0.199. The zero-order valence-corrected chi connectivity index (χ0v) is 13.3. The molecule has 2 heterocycles. The molecule has 0 spiro atoms. The normalized spacial score (nSPS) is 18.1. The topological polar surface area (TPSA) is 28.2 Å². The lowest BCUT2D eigenvalue weighted by Crippen LogP contribution is -2.39. The summed E-state index contributed by atoms with van der Waals surface area (Å²) >= 11 is 0. The molecule has 1 aromatic heterocycles. The fourth-order valence-corrected chi connectivity index (χ4v) is 3.16. The number of nitrogens with one attached hydrogen (secondary N) is 1. The molecule has 3 nitrogen and oxygen atoms in total. The molecule has 20 heavy (non-hydrogen) atoms. The van der Waals surface area contributed by atoms with E-state index < -0.39 is 0 Å². The summed E-state index contributed by atoms with van der Waals surface area (Å²) in [6.07, 6.45) is 10.3. The van der Waals surface area contributed by atoms with Crippen LogP contribution in [-0.4, -0.2) is 24.6 Å². The van der Waals surface area contributed by atoms with Gasteiger partial charge >= 0.3 is 0 Å². The number of nitrogens with zero attached hydrogens (tertiary/aromatic N) is 2. The van der Waals surface area contributed by atoms with Gasteiger partial charge in [0, 0.05) is 19.6 Å². The van der Waals surface area contributed by atoms with Gasteiger partial charge in [0.1, 0.15) is 0 Å². The van der Waals surface area contributed by atoms with Gasteiger partial charge in [-0.1, -0.05) is 33.6 Å². The van der Waals surface area contributed by atoms with Crippen molar-refractivity contribution in [2.75, 3.05) is 29.9 Å². The van der Waals surface area contributed by atoms with Crippen molar-refractivity contribution in [2.24, 2.45) is 5.41 Å². The number of pyridine rings is 1. The summed E-state index contributed by atoms with van der Waals surface area (Å²) in [5, 5.41) is 3.42. The molecule has 1 fully saturated rings. The average Bonchev–Trinajstić information content (AvgIpc) is 2.53. The maximum Gasteiger partial charge on any atom is 0.0573 e. The van der Waals surface area contributed by atoms with Crippen molar-refractivity contribution in [1.82, 2.24) is 4.98 Å². The second kappa shape index (κ2) is 6.96. The van der Waals surface area contributed by atoms with Gasteiger partial charge in [-0.05, 0) is 30.7 Å². The zero-order chi connectivity index (χ0) is 14.4. The van der Waals surface area contributed by atoms with Crippen LogP contribution in [0.2, 0.25) is 0 Å². The van der Waals surface area contributed by atoms with Crippen LogP contribution in [0.25, 0.3) is 0 Å². The Morgan fingerprint density at radius 1 is 1.15 bits per heavy atom. The molecule has 0 bridgehead atoms. The standard InChI is InChI=1S/C17H29N3/c1-4-9-19-15-12-16(14-18-13-15)20-10-7-17(5-2,6-3)8-11-20/h12-14,19H,4-11H2,1-3H3. The number of aromatic nitrogens is 1. The molecular formula is C17H29N3. The van der Waals surface area contributed by atoms with Gasteiger partial charge in [0.2, 0.25) is 0 Å². The van der Waals surface area contributed by atoms with Crippen LogP contribution in [0.15, 0.2) is 18.5 Å². The van der Waals surface area contributed by atoms with E-state index in [1.165, 1.54) is 44.5 Å². The van der Waals surface area contributed by atoms with E-state index in [2.05, 4.69) is 42.0 Å². The predicted molar refractivity (Wildman–Crippen MR) is 87.5 cm³/mol. The van der Waals surface area contributed by atoms with Gasteiger partial charge in [0.05, 0.1) is 23.8 Å². The van der Waals surface area contributed by atoms with Crippen molar-refractivity contribution in [3.8, 4) is 0 Å². The zero-order valence-electron chi connectivity index (χ0n) is 13.3. The lowest BCUT2D eigenvalue weighted by Gasteiger charge is -2.42. The monoisotopic (exact) mass is 275 g/mol. The largest absolute Gasteiger partial charge is 0.384 e. The van der Waals surface area contributed by atoms with Crippen LogP contribution in [0.1, 0.15) is 52.9 Å². The fourth-order valence-electron chi connectivity index (χ4n) is 3.16. The van der Waals surface area contributed by atoms with E-state index >= 15 is 0 Å². The molecule has 1 aliphatic rings. The maximum absolute atomic E-state index is 4.39. The van der Waals surface area contributed by atoms with Crippen LogP contribution >= 0.6 is 0 Å². The Morgan fingerprint density at radius 2 is 1.85 bits per heavy atom. The summed E-state index contributed by atoms with van der Waals surface area (Å²) in [6.45, 7) is 10.2. The summed E-state index contributed by atoms with van der Waals surface area (Å²) in [5.74, 6) is 0. The van der Waals surface area contributed by atoms with Gasteiger partial charge in [-0.25, -0.2) is 0 Å². The minimum atomic E-state index is 0.585. The van der Waals surface area contributed by atoms with Crippen molar-refractivity contribution < 1.29 is 0 Å². The van der Waals surface area contributed by atoms with Gasteiger partial charge in [-0.15, -0.1) is 0 Å². The molecule has 1 aliphatic heterocycles. The van der Waals surface area contributed by atoms with E-state index in [1.54, 1.807) is 0 Å². The number of hydrogen-bond donors (Lipinski definition) is 1. The highest BCUT2D eigenvalue weighted by Gasteiger charge is 2.31. The second-order valence-corrected chi connectivity index (χ2v) is 6.05. The molecular weight excluding hydrogens is 246 g/mol. The van der Waals surface area contributed by atoms with Crippen LogP contribution in [0, 0.1) is 5.41 Å². The summed E-state index contributed by atoms with van der Waals surface area (Å²) in [5.41, 5.74) is 3.00. The first-order valence-electron chi connectivity index (χ1n) is 8.17. The van der Waals surface area contributed by atoms with Gasteiger partial charge in [-0.3, -0.25) is 4.98 Å². The number of rotatable bonds is 6. The highest BCUT2D eigenvalue weighted by atomic mass is 15.1. The summed E-state index contributed by atoms with van der Waals surface area (Å²) < 4.78 is 0. The quantitative estimate of drug-likeness (QED) is 0.838. The molecule has 0 atom stereocenters. The van der Waals surface area contributed by atoms with E-state index in [0.29, 0.717) is 5.41 Å². The molecule has 1 saturated heterocycles. The summed E-state index contributed by atoms with van der Waals surface area (Å²) in [7, 11) is 0. The Hall–Kier alpha value is -1.25. The van der Waals surface area contributed by atoms with Gasteiger partial charge in [-0.2, -0.15) is 0 Å². The average molecular weight is 275 g/mol. The first kappa shape index (κ1) is 15.1. The van der Waals surface area contributed by atoms with Crippen molar-refractivity contribution >= 4 is 11.4 Å². The van der Waals surface area contributed by atoms with E-state index in [-0.39, 0.29) is 0 Å². The highest BCUT2D eigenvalue weighted by Crippen LogP contribution is 2.39. The molecule has 0 unspecified atom stereocenters. The Labute approximate surface area is 123 Å². The molecule has 0 amide bonds. The number of hydrogen-bond acceptors (Lipinski definition) is 3. The Balaban J connectivity index is 1.99. The Morgan fingerprint density at radius 3 is 2.45 bits per heavy atom. The van der Waals surface area contributed by atoms with Gasteiger partial charge in [0.15, 0.2) is 0 Å². The van der Waals surface area contributed by atoms with Gasteiger partial charge in [0.25, 0.3) is 0 Å². The molecule has 2 rings (SSSR count). The van der Waals surface area contributed by atoms with E-state index in [0.717, 1.165) is 18.7 Å². The van der Waals surface area contributed by atoms with Crippen LogP contribution in [-0.2, 0) is 0 Å². The Bertz CT molecular complexity index is 402. The second-order valence-electron chi connectivity index (χ2n) is 6.05. The molecule has 1 aromatic rings. The molecule has 0 saturated carbocycles. The molecule has 0 aromatic carbocycles. The number of anilines is 2. The van der Waals surface area contributed by atoms with E-state index in [1.807, 2.05) is 12.4 Å². The van der Waals surface area contributed by atoms with Gasteiger partial charge < -0.3 is 10.2 Å². The molecule has 112 valence electrons. The van der Waals surface area contributed by atoms with Crippen LogP contribution in [0.3, 0.4) is 0 Å².